The minimum absolute atomic E-state index is 0.186. The highest BCUT2D eigenvalue weighted by Crippen LogP contribution is 2.33. The molecule has 2 fully saturated rings. The summed E-state index contributed by atoms with van der Waals surface area (Å²) in [6.45, 7) is 3.69. The molecule has 3 amide bonds. The van der Waals surface area contributed by atoms with E-state index in [4.69, 9.17) is 0 Å². The lowest BCUT2D eigenvalue weighted by Gasteiger charge is -2.36. The Morgan fingerprint density at radius 3 is 2.69 bits per heavy atom. The van der Waals surface area contributed by atoms with Crippen molar-refractivity contribution in [3.63, 3.8) is 0 Å². The van der Waals surface area contributed by atoms with Crippen molar-refractivity contribution in [1.29, 1.82) is 0 Å². The summed E-state index contributed by atoms with van der Waals surface area (Å²) in [6.07, 6.45) is 2.20. The highest BCUT2D eigenvalue weighted by atomic mass is 19.1. The summed E-state index contributed by atoms with van der Waals surface area (Å²) >= 11 is 0. The van der Waals surface area contributed by atoms with E-state index in [1.165, 1.54) is 11.0 Å². The third-order valence-corrected chi connectivity index (χ3v) is 7.42. The molecule has 3 aliphatic heterocycles. The van der Waals surface area contributed by atoms with Gasteiger partial charge in [0.25, 0.3) is 5.91 Å². The summed E-state index contributed by atoms with van der Waals surface area (Å²) < 4.78 is 17.2. The van der Waals surface area contributed by atoms with Crippen LogP contribution in [0.5, 0.6) is 0 Å². The number of aryl methyl sites for hydroxylation is 1. The molecule has 36 heavy (non-hydrogen) atoms. The van der Waals surface area contributed by atoms with Gasteiger partial charge in [0, 0.05) is 58.0 Å². The van der Waals surface area contributed by atoms with E-state index in [2.05, 4.69) is 24.8 Å². The van der Waals surface area contributed by atoms with E-state index in [0.29, 0.717) is 30.9 Å². The number of piperidine rings is 1. The number of imidazole rings is 1. The number of pyridine rings is 1. The summed E-state index contributed by atoms with van der Waals surface area (Å²) in [4.78, 5) is 51.4. The Balaban J connectivity index is 1.14. The number of benzene rings is 1. The van der Waals surface area contributed by atoms with E-state index in [0.717, 1.165) is 30.1 Å². The van der Waals surface area contributed by atoms with Crippen LogP contribution in [0.25, 0.3) is 11.2 Å². The molecule has 186 valence electrons. The Hall–Kier alpha value is -3.86. The minimum atomic E-state index is -0.712. The molecule has 5 heterocycles. The number of halogens is 1. The second kappa shape index (κ2) is 8.66. The third-order valence-electron chi connectivity index (χ3n) is 7.42. The van der Waals surface area contributed by atoms with E-state index < -0.39 is 17.8 Å². The molecule has 6 rings (SSSR count). The first-order valence-electron chi connectivity index (χ1n) is 12.1. The number of piperazine rings is 1. The van der Waals surface area contributed by atoms with Crippen molar-refractivity contribution in [3.05, 3.63) is 53.2 Å². The Kier molecular flexibility index (Phi) is 5.44. The fourth-order valence-corrected chi connectivity index (χ4v) is 5.38. The van der Waals surface area contributed by atoms with Gasteiger partial charge in [0.15, 0.2) is 5.65 Å². The maximum absolute atomic E-state index is 15.1. The van der Waals surface area contributed by atoms with Crippen LogP contribution in [0.1, 0.15) is 34.6 Å². The molecule has 1 atom stereocenters. The molecule has 0 spiro atoms. The molecular formula is C25H26FN7O3. The number of amides is 3. The van der Waals surface area contributed by atoms with Gasteiger partial charge in [-0.2, -0.15) is 0 Å². The number of hydrogen-bond acceptors (Lipinski definition) is 7. The fourth-order valence-electron chi connectivity index (χ4n) is 5.38. The van der Waals surface area contributed by atoms with Crippen LogP contribution in [0.15, 0.2) is 30.5 Å². The molecule has 0 bridgehead atoms. The van der Waals surface area contributed by atoms with Gasteiger partial charge in [0.05, 0.1) is 17.7 Å². The molecule has 0 aliphatic carbocycles. The summed E-state index contributed by atoms with van der Waals surface area (Å²) in [5.41, 5.74) is 3.19. The smallest absolute Gasteiger partial charge is 0.255 e. The quantitative estimate of drug-likeness (QED) is 0.547. The first-order valence-corrected chi connectivity index (χ1v) is 12.1. The van der Waals surface area contributed by atoms with E-state index in [1.54, 1.807) is 12.3 Å². The fraction of sp³-hybridized carbons (Fsp3) is 0.400. The van der Waals surface area contributed by atoms with Gasteiger partial charge in [-0.1, -0.05) is 0 Å². The number of aromatic nitrogens is 3. The third kappa shape index (κ3) is 3.79. The van der Waals surface area contributed by atoms with Crippen LogP contribution in [-0.2, 0) is 29.7 Å². The lowest BCUT2D eigenvalue weighted by atomic mass is 10.0. The normalized spacial score (nSPS) is 20.8. The first-order chi connectivity index (χ1) is 17.4. The van der Waals surface area contributed by atoms with E-state index in [-0.39, 0.29) is 36.8 Å². The average molecular weight is 492 g/mol. The molecule has 0 radical (unpaired) electrons. The molecule has 2 aromatic heterocycles. The average Bonchev–Trinajstić information content (AvgIpc) is 3.35. The van der Waals surface area contributed by atoms with Crippen molar-refractivity contribution >= 4 is 34.6 Å². The van der Waals surface area contributed by atoms with Gasteiger partial charge in [-0.05, 0) is 36.2 Å². The number of nitrogens with one attached hydrogen (secondary N) is 1. The predicted octanol–water partition coefficient (Wildman–Crippen LogP) is 1.19. The zero-order valence-electron chi connectivity index (χ0n) is 19.9. The second-order valence-electron chi connectivity index (χ2n) is 9.56. The van der Waals surface area contributed by atoms with Crippen LogP contribution in [0.3, 0.4) is 0 Å². The van der Waals surface area contributed by atoms with Crippen LogP contribution in [0.2, 0.25) is 0 Å². The standard InChI is InChI=1S/C25H26FN7O3/c1-30-18-3-2-6-27-23(18)28-21(30)14-31-7-9-32(10-8-31)20-11-15-13-33(25(36)16(15)12-17(20)26)19-4-5-22(34)29-24(19)35/h2-3,6,11-12,19H,4-5,7-10,13-14H2,1H3,(H,29,34,35). The Morgan fingerprint density at radius 1 is 1.14 bits per heavy atom. The number of anilines is 1. The van der Waals surface area contributed by atoms with Crippen molar-refractivity contribution in [2.75, 3.05) is 31.1 Å². The van der Waals surface area contributed by atoms with E-state index in [9.17, 15) is 14.4 Å². The molecule has 3 aromatic rings. The van der Waals surface area contributed by atoms with Crippen LogP contribution in [0, 0.1) is 5.82 Å². The summed E-state index contributed by atoms with van der Waals surface area (Å²) in [5.74, 6) is -0.678. The Labute approximate surface area is 206 Å². The molecule has 3 aliphatic rings. The highest BCUT2D eigenvalue weighted by molar-refractivity contribution is 6.05. The van der Waals surface area contributed by atoms with E-state index >= 15 is 4.39 Å². The summed E-state index contributed by atoms with van der Waals surface area (Å²) in [6, 6.07) is 6.21. The lowest BCUT2D eigenvalue weighted by molar-refractivity contribution is -0.136. The van der Waals surface area contributed by atoms with Gasteiger partial charge >= 0.3 is 0 Å². The number of rotatable bonds is 4. The molecule has 1 N–H and O–H groups in total. The van der Waals surface area contributed by atoms with Gasteiger partial charge in [-0.25, -0.2) is 14.4 Å². The van der Waals surface area contributed by atoms with E-state index in [1.807, 2.05) is 24.1 Å². The largest absolute Gasteiger partial charge is 0.367 e. The second-order valence-corrected chi connectivity index (χ2v) is 9.56. The van der Waals surface area contributed by atoms with Gasteiger partial charge in [0.1, 0.15) is 17.7 Å². The number of fused-ring (bicyclic) bond motifs is 2. The molecule has 2 saturated heterocycles. The van der Waals surface area contributed by atoms with Gasteiger partial charge in [-0.15, -0.1) is 0 Å². The molecule has 0 saturated carbocycles. The monoisotopic (exact) mass is 491 g/mol. The first kappa shape index (κ1) is 22.6. The van der Waals surface area contributed by atoms with Crippen LogP contribution >= 0.6 is 0 Å². The zero-order chi connectivity index (χ0) is 25.0. The summed E-state index contributed by atoms with van der Waals surface area (Å²) in [7, 11) is 1.99. The molecule has 10 nitrogen and oxygen atoms in total. The van der Waals surface area contributed by atoms with Crippen LogP contribution in [-0.4, -0.2) is 74.3 Å². The van der Waals surface area contributed by atoms with Gasteiger partial charge < -0.3 is 14.4 Å². The number of carbonyl (C=O) groups is 3. The topological polar surface area (TPSA) is 104 Å². The van der Waals surface area contributed by atoms with Crippen molar-refractivity contribution in [3.8, 4) is 0 Å². The van der Waals surface area contributed by atoms with Crippen molar-refractivity contribution in [1.82, 2.24) is 29.7 Å². The Bertz CT molecular complexity index is 1400. The zero-order valence-corrected chi connectivity index (χ0v) is 19.9. The van der Waals surface area contributed by atoms with Crippen molar-refractivity contribution < 1.29 is 18.8 Å². The lowest BCUT2D eigenvalue weighted by Crippen LogP contribution is -2.52. The van der Waals surface area contributed by atoms with Gasteiger partial charge in [0.2, 0.25) is 11.8 Å². The molecule has 1 unspecified atom stereocenters. The van der Waals surface area contributed by atoms with Crippen molar-refractivity contribution in [2.45, 2.75) is 32.0 Å². The number of carbonyl (C=O) groups excluding carboxylic acids is 3. The SMILES string of the molecule is Cn1c(CN2CCN(c3cc4c(cc3F)C(=O)N(C3CCC(=O)NC3=O)C4)CC2)nc2ncccc21. The maximum Gasteiger partial charge on any atom is 0.255 e. The molecule has 1 aromatic carbocycles. The number of imide groups is 1. The molecular weight excluding hydrogens is 465 g/mol. The van der Waals surface area contributed by atoms with Crippen molar-refractivity contribution in [2.24, 2.45) is 7.05 Å². The van der Waals surface area contributed by atoms with Crippen LogP contribution in [0.4, 0.5) is 10.1 Å². The predicted molar refractivity (Wildman–Crippen MR) is 128 cm³/mol. The maximum atomic E-state index is 15.1. The summed E-state index contributed by atoms with van der Waals surface area (Å²) in [5, 5.41) is 2.29. The Morgan fingerprint density at radius 2 is 1.94 bits per heavy atom. The number of hydrogen-bond donors (Lipinski definition) is 1. The highest BCUT2D eigenvalue weighted by Gasteiger charge is 2.40. The number of nitrogens with zero attached hydrogens (tertiary/aromatic N) is 6. The molecule has 11 heteroatoms. The van der Waals surface area contributed by atoms with Crippen LogP contribution < -0.4 is 10.2 Å². The van der Waals surface area contributed by atoms with Gasteiger partial charge in [-0.3, -0.25) is 24.6 Å². The minimum Gasteiger partial charge on any atom is -0.367 e.